The van der Waals surface area contributed by atoms with Crippen LogP contribution in [-0.4, -0.2) is 27.1 Å². The lowest BCUT2D eigenvalue weighted by atomic mass is 10.1. The first kappa shape index (κ1) is 29.1. The molecule has 2 N–H and O–H groups in total. The minimum Gasteiger partial charge on any atom is -0.485 e. The van der Waals surface area contributed by atoms with E-state index < -0.39 is 44.9 Å². The van der Waals surface area contributed by atoms with E-state index in [0.29, 0.717) is 28.2 Å². The second-order valence-electron chi connectivity index (χ2n) is 8.62. The predicted molar refractivity (Wildman–Crippen MR) is 136 cm³/mol. The lowest BCUT2D eigenvalue weighted by Crippen LogP contribution is -2.35. The third kappa shape index (κ3) is 6.79. The molecule has 0 spiro atoms. The third-order valence-electron chi connectivity index (χ3n) is 5.49. The second-order valence-corrected chi connectivity index (χ2v) is 13.8. The van der Waals surface area contributed by atoms with Crippen LogP contribution in [0.4, 0.5) is 32.0 Å². The molecule has 0 amide bonds. The summed E-state index contributed by atoms with van der Waals surface area (Å²) in [6.07, 6.45) is -8.78. The molecule has 2 aromatic carbocycles. The average Bonchev–Trinajstić information content (AvgIpc) is 3.38. The van der Waals surface area contributed by atoms with E-state index in [2.05, 4.69) is 26.0 Å². The van der Waals surface area contributed by atoms with Crippen molar-refractivity contribution in [3.8, 4) is 5.75 Å². The molecule has 0 aliphatic carbocycles. The van der Waals surface area contributed by atoms with Gasteiger partial charge in [-0.25, -0.2) is 8.42 Å². The largest absolute Gasteiger partial charge is 0.485 e. The van der Waals surface area contributed by atoms with Crippen LogP contribution in [0.5, 0.6) is 5.75 Å². The van der Waals surface area contributed by atoms with E-state index >= 15 is 0 Å². The first-order valence-corrected chi connectivity index (χ1v) is 14.7. The van der Waals surface area contributed by atoms with Crippen molar-refractivity contribution < 1.29 is 39.5 Å². The van der Waals surface area contributed by atoms with Gasteiger partial charge >= 0.3 is 12.4 Å². The normalized spacial score (nSPS) is 18.5. The van der Waals surface area contributed by atoms with Crippen molar-refractivity contribution in [1.29, 1.82) is 0 Å². The van der Waals surface area contributed by atoms with Gasteiger partial charge in [-0.15, -0.1) is 11.3 Å². The standard InChI is InChI=1S/C23H19BrF6N2O3S3/c1-21(7-8-31-12-21)35-18-10-14(5-6-16(18)23(28,29)30)32-38(33,34)19-11-17(24)20(37-19)36-15-4-2-3-13(9-15)22(25,26)27/h2-6,9-11,31-32H,7-8,12H2,1H3/t21-/m1/s1. The summed E-state index contributed by atoms with van der Waals surface area (Å²) in [5.41, 5.74) is -2.91. The molecule has 5 nitrogen and oxygen atoms in total. The van der Waals surface area contributed by atoms with Crippen LogP contribution in [0.2, 0.25) is 0 Å². The van der Waals surface area contributed by atoms with Crippen molar-refractivity contribution in [3.63, 3.8) is 0 Å². The Morgan fingerprint density at radius 1 is 1.08 bits per heavy atom. The van der Waals surface area contributed by atoms with Gasteiger partial charge in [0.05, 0.1) is 21.0 Å². The van der Waals surface area contributed by atoms with Crippen LogP contribution in [0.15, 0.2) is 66.3 Å². The summed E-state index contributed by atoms with van der Waals surface area (Å²) in [7, 11) is -4.25. The maximum atomic E-state index is 13.6. The van der Waals surface area contributed by atoms with E-state index in [9.17, 15) is 34.8 Å². The fourth-order valence-electron chi connectivity index (χ4n) is 3.63. The average molecular weight is 662 g/mol. The molecule has 1 aliphatic rings. The number of anilines is 1. The van der Waals surface area contributed by atoms with Gasteiger partial charge in [-0.1, -0.05) is 17.8 Å². The zero-order chi connectivity index (χ0) is 27.9. The van der Waals surface area contributed by atoms with Crippen LogP contribution in [-0.2, 0) is 22.4 Å². The van der Waals surface area contributed by atoms with Gasteiger partial charge in [0.15, 0.2) is 0 Å². The molecule has 1 fully saturated rings. The number of hydrogen-bond donors (Lipinski definition) is 2. The van der Waals surface area contributed by atoms with Gasteiger partial charge in [0.1, 0.15) is 15.6 Å². The van der Waals surface area contributed by atoms with Gasteiger partial charge in [0.25, 0.3) is 10.0 Å². The van der Waals surface area contributed by atoms with Crippen LogP contribution in [0.1, 0.15) is 24.5 Å². The maximum Gasteiger partial charge on any atom is 0.419 e. The third-order valence-corrected chi connectivity index (χ3v) is 10.8. The van der Waals surface area contributed by atoms with E-state index in [0.717, 1.165) is 53.4 Å². The van der Waals surface area contributed by atoms with Gasteiger partial charge < -0.3 is 10.1 Å². The highest BCUT2D eigenvalue weighted by molar-refractivity contribution is 9.10. The van der Waals surface area contributed by atoms with Crippen molar-refractivity contribution in [2.24, 2.45) is 0 Å². The van der Waals surface area contributed by atoms with Crippen LogP contribution in [0.25, 0.3) is 0 Å². The Balaban J connectivity index is 1.59. The first-order valence-electron chi connectivity index (χ1n) is 10.8. The smallest absolute Gasteiger partial charge is 0.419 e. The Kier molecular flexibility index (Phi) is 8.07. The fraction of sp³-hybridized carbons (Fsp3) is 0.304. The summed E-state index contributed by atoms with van der Waals surface area (Å²) in [5.74, 6) is -0.503. The van der Waals surface area contributed by atoms with Crippen LogP contribution in [0, 0.1) is 0 Å². The quantitative estimate of drug-likeness (QED) is 0.255. The molecule has 15 heteroatoms. The Morgan fingerprint density at radius 3 is 2.45 bits per heavy atom. The summed E-state index contributed by atoms with van der Waals surface area (Å²) >= 11 is 4.97. The molecule has 2 heterocycles. The van der Waals surface area contributed by atoms with Crippen molar-refractivity contribution in [2.75, 3.05) is 17.8 Å². The number of benzene rings is 2. The number of hydrogen-bond acceptors (Lipinski definition) is 6. The zero-order valence-electron chi connectivity index (χ0n) is 19.3. The molecule has 206 valence electrons. The molecular weight excluding hydrogens is 642 g/mol. The topological polar surface area (TPSA) is 67.4 Å². The number of thiophene rings is 1. The van der Waals surface area contributed by atoms with E-state index in [1.54, 1.807) is 6.92 Å². The van der Waals surface area contributed by atoms with Crippen molar-refractivity contribution in [1.82, 2.24) is 5.32 Å². The van der Waals surface area contributed by atoms with Crippen molar-refractivity contribution in [3.05, 3.63) is 64.1 Å². The second kappa shape index (κ2) is 10.6. The molecule has 1 atom stereocenters. The molecule has 1 saturated heterocycles. The molecule has 0 bridgehead atoms. The van der Waals surface area contributed by atoms with E-state index in [1.807, 2.05) is 0 Å². The predicted octanol–water partition coefficient (Wildman–Crippen LogP) is 7.63. The number of ether oxygens (including phenoxy) is 1. The molecule has 4 rings (SSSR count). The molecule has 0 unspecified atom stereocenters. The first-order chi connectivity index (χ1) is 17.6. The van der Waals surface area contributed by atoms with Crippen LogP contribution < -0.4 is 14.8 Å². The molecule has 0 saturated carbocycles. The highest BCUT2D eigenvalue weighted by atomic mass is 79.9. The van der Waals surface area contributed by atoms with E-state index in [1.165, 1.54) is 18.2 Å². The lowest BCUT2D eigenvalue weighted by Gasteiger charge is -2.27. The number of halogens is 7. The number of nitrogens with one attached hydrogen (secondary N) is 2. The van der Waals surface area contributed by atoms with Crippen LogP contribution >= 0.6 is 39.0 Å². The Morgan fingerprint density at radius 2 is 1.82 bits per heavy atom. The molecule has 1 aromatic heterocycles. The highest BCUT2D eigenvalue weighted by Gasteiger charge is 2.38. The number of rotatable bonds is 7. The van der Waals surface area contributed by atoms with Gasteiger partial charge in [-0.3, -0.25) is 4.72 Å². The minimum absolute atomic E-state index is 0.140. The number of sulfonamides is 1. The summed E-state index contributed by atoms with van der Waals surface area (Å²) < 4.78 is 114. The molecule has 0 radical (unpaired) electrons. The SMILES string of the molecule is C[C@@]1(Oc2cc(NS(=O)(=O)c3cc(Br)c(Sc4cccc(C(F)(F)F)c4)s3)ccc2C(F)(F)F)CCNC1. The Bertz CT molecular complexity index is 1430. The Hall–Kier alpha value is -1.94. The summed E-state index contributed by atoms with van der Waals surface area (Å²) in [4.78, 5) is 0.249. The summed E-state index contributed by atoms with van der Waals surface area (Å²) in [5, 5.41) is 3.02. The van der Waals surface area contributed by atoms with Crippen LogP contribution in [0.3, 0.4) is 0 Å². The monoisotopic (exact) mass is 660 g/mol. The van der Waals surface area contributed by atoms with Gasteiger partial charge in [0, 0.05) is 28.4 Å². The fourth-order valence-corrected chi connectivity index (χ4v) is 8.38. The number of alkyl halides is 6. The van der Waals surface area contributed by atoms with Gasteiger partial charge in [-0.05, 0) is 65.8 Å². The summed E-state index contributed by atoms with van der Waals surface area (Å²) in [6.45, 7) is 2.56. The molecular formula is C23H19BrF6N2O3S3. The van der Waals surface area contributed by atoms with Crippen molar-refractivity contribution in [2.45, 2.75) is 44.6 Å². The lowest BCUT2D eigenvalue weighted by molar-refractivity contribution is -0.140. The maximum absolute atomic E-state index is 13.6. The zero-order valence-corrected chi connectivity index (χ0v) is 23.4. The molecule has 3 aromatic rings. The van der Waals surface area contributed by atoms with E-state index in [-0.39, 0.29) is 14.8 Å². The van der Waals surface area contributed by atoms with Crippen molar-refractivity contribution >= 4 is 54.7 Å². The summed E-state index contributed by atoms with van der Waals surface area (Å²) in [6, 6.07) is 8.59. The molecule has 38 heavy (non-hydrogen) atoms. The van der Waals surface area contributed by atoms with E-state index in [4.69, 9.17) is 4.74 Å². The minimum atomic E-state index is -4.72. The molecule has 1 aliphatic heterocycles. The van der Waals surface area contributed by atoms with Gasteiger partial charge in [0.2, 0.25) is 0 Å². The highest BCUT2D eigenvalue weighted by Crippen LogP contribution is 2.44. The Labute approximate surface area is 231 Å². The van der Waals surface area contributed by atoms with Gasteiger partial charge in [-0.2, -0.15) is 26.3 Å².